The summed E-state index contributed by atoms with van der Waals surface area (Å²) in [5.41, 5.74) is -1.37. The Morgan fingerprint density at radius 1 is 1.11 bits per heavy atom. The van der Waals surface area contributed by atoms with E-state index in [1.54, 1.807) is 32.0 Å². The highest BCUT2D eigenvalue weighted by atomic mass is 32.2. The van der Waals surface area contributed by atoms with E-state index in [1.807, 2.05) is 6.92 Å². The number of pyridine rings is 1. The molecule has 0 aliphatic carbocycles. The van der Waals surface area contributed by atoms with Crippen LogP contribution in [0.25, 0.3) is 0 Å². The number of sulfonamides is 1. The van der Waals surface area contributed by atoms with Crippen LogP contribution >= 0.6 is 0 Å². The van der Waals surface area contributed by atoms with E-state index in [4.69, 9.17) is 18.9 Å². The molecule has 244 valence electrons. The number of carbonyl (C=O) groups excluding carboxylic acids is 3. The van der Waals surface area contributed by atoms with Crippen molar-refractivity contribution in [2.45, 2.75) is 88.8 Å². The van der Waals surface area contributed by atoms with Crippen LogP contribution in [0.2, 0.25) is 0 Å². The van der Waals surface area contributed by atoms with E-state index in [0.29, 0.717) is 31.7 Å². The minimum Gasteiger partial charge on any atom is -0.463 e. The molecule has 0 bridgehead atoms. The first-order valence-corrected chi connectivity index (χ1v) is 16.6. The third-order valence-electron chi connectivity index (χ3n) is 8.64. The quantitative estimate of drug-likeness (QED) is 0.379. The van der Waals surface area contributed by atoms with Gasteiger partial charge in [0.2, 0.25) is 27.3 Å². The summed E-state index contributed by atoms with van der Waals surface area (Å²) >= 11 is 0. The topological polar surface area (TPSA) is 160 Å². The van der Waals surface area contributed by atoms with Crippen LogP contribution in [0.15, 0.2) is 40.0 Å². The molecule has 1 N–H and O–H groups in total. The SMILES string of the molecule is CCOC(=O)[C@](CC)(OC(=O)C1CCCN1S(=O)(=O)c1ccc(C)cc1)c1cc2n(c(=O)c1CNC(C)=O)CCC21OCCO1. The number of aryl methyl sites for hydroxylation is 1. The first-order valence-electron chi connectivity index (χ1n) is 15.2. The van der Waals surface area contributed by atoms with Gasteiger partial charge in [0.05, 0.1) is 30.4 Å². The lowest BCUT2D eigenvalue weighted by molar-refractivity contribution is -0.187. The number of benzene rings is 1. The van der Waals surface area contributed by atoms with Gasteiger partial charge in [-0.1, -0.05) is 24.6 Å². The maximum Gasteiger partial charge on any atom is 0.355 e. The molecule has 0 saturated carbocycles. The minimum atomic E-state index is -4.08. The lowest BCUT2D eigenvalue weighted by Crippen LogP contribution is -2.49. The summed E-state index contributed by atoms with van der Waals surface area (Å²) in [6.07, 6.45) is 0.759. The highest BCUT2D eigenvalue weighted by Gasteiger charge is 2.53. The number of aromatic nitrogens is 1. The van der Waals surface area contributed by atoms with Crippen molar-refractivity contribution in [2.75, 3.05) is 26.4 Å². The van der Waals surface area contributed by atoms with Gasteiger partial charge < -0.3 is 28.8 Å². The molecule has 14 heteroatoms. The average Bonchev–Trinajstić information content (AvgIpc) is 3.77. The summed E-state index contributed by atoms with van der Waals surface area (Å²) in [5.74, 6) is -3.51. The Kier molecular flexibility index (Phi) is 9.23. The number of rotatable bonds is 10. The maximum absolute atomic E-state index is 14.1. The average molecular weight is 646 g/mol. The molecule has 3 aliphatic heterocycles. The highest BCUT2D eigenvalue weighted by molar-refractivity contribution is 7.89. The van der Waals surface area contributed by atoms with Crippen LogP contribution in [-0.2, 0) is 67.8 Å². The van der Waals surface area contributed by atoms with Gasteiger partial charge in [0.1, 0.15) is 6.04 Å². The van der Waals surface area contributed by atoms with Gasteiger partial charge in [0, 0.05) is 44.1 Å². The molecule has 2 aromatic rings. The van der Waals surface area contributed by atoms with Gasteiger partial charge in [0.25, 0.3) is 5.56 Å². The molecule has 1 aromatic heterocycles. The summed E-state index contributed by atoms with van der Waals surface area (Å²) in [7, 11) is -4.08. The van der Waals surface area contributed by atoms with Crippen LogP contribution in [0.1, 0.15) is 68.8 Å². The summed E-state index contributed by atoms with van der Waals surface area (Å²) in [6, 6.07) is 6.64. The Balaban J connectivity index is 1.62. The van der Waals surface area contributed by atoms with Crippen molar-refractivity contribution in [3.8, 4) is 0 Å². The summed E-state index contributed by atoms with van der Waals surface area (Å²) in [6.45, 7) is 6.97. The van der Waals surface area contributed by atoms with Gasteiger partial charge >= 0.3 is 11.9 Å². The minimum absolute atomic E-state index is 0.0214. The van der Waals surface area contributed by atoms with Crippen molar-refractivity contribution in [3.63, 3.8) is 0 Å². The van der Waals surface area contributed by atoms with Crippen molar-refractivity contribution in [1.29, 1.82) is 0 Å². The lowest BCUT2D eigenvalue weighted by atomic mass is 9.86. The van der Waals surface area contributed by atoms with Crippen LogP contribution in [0, 0.1) is 6.92 Å². The molecule has 1 spiro atoms. The van der Waals surface area contributed by atoms with E-state index in [2.05, 4.69) is 5.32 Å². The number of esters is 2. The fourth-order valence-corrected chi connectivity index (χ4v) is 7.96. The van der Waals surface area contributed by atoms with Crippen LogP contribution in [0.3, 0.4) is 0 Å². The van der Waals surface area contributed by atoms with Crippen molar-refractivity contribution in [3.05, 3.63) is 63.1 Å². The van der Waals surface area contributed by atoms with Crippen LogP contribution < -0.4 is 10.9 Å². The molecule has 13 nitrogen and oxygen atoms in total. The Bertz CT molecular complexity index is 1650. The first-order chi connectivity index (χ1) is 21.4. The van der Waals surface area contributed by atoms with Crippen LogP contribution in [-0.4, -0.2) is 67.5 Å². The number of ether oxygens (including phenoxy) is 4. The molecule has 1 aromatic carbocycles. The van der Waals surface area contributed by atoms with Crippen molar-refractivity contribution in [1.82, 2.24) is 14.2 Å². The number of nitrogens with zero attached hydrogens (tertiary/aromatic N) is 2. The fourth-order valence-electron chi connectivity index (χ4n) is 6.31. The molecule has 2 atom stereocenters. The predicted molar refractivity (Wildman–Crippen MR) is 159 cm³/mol. The molecular weight excluding hydrogens is 606 g/mol. The summed E-state index contributed by atoms with van der Waals surface area (Å²) < 4.78 is 53.3. The van der Waals surface area contributed by atoms with Crippen LogP contribution in [0.5, 0.6) is 0 Å². The van der Waals surface area contributed by atoms with E-state index < -0.39 is 50.9 Å². The molecule has 2 fully saturated rings. The largest absolute Gasteiger partial charge is 0.463 e. The second kappa shape index (κ2) is 12.7. The van der Waals surface area contributed by atoms with E-state index in [-0.39, 0.29) is 55.1 Å². The van der Waals surface area contributed by atoms with Gasteiger partial charge in [-0.05, 0) is 51.3 Å². The van der Waals surface area contributed by atoms with Crippen molar-refractivity contribution < 1.29 is 41.7 Å². The number of hydrogen-bond acceptors (Lipinski definition) is 10. The molecule has 0 radical (unpaired) electrons. The molecule has 2 saturated heterocycles. The van der Waals surface area contributed by atoms with E-state index >= 15 is 0 Å². The van der Waals surface area contributed by atoms with Gasteiger partial charge in [-0.2, -0.15) is 4.31 Å². The number of hydrogen-bond donors (Lipinski definition) is 1. The lowest BCUT2D eigenvalue weighted by Gasteiger charge is -2.35. The van der Waals surface area contributed by atoms with Gasteiger partial charge in [-0.15, -0.1) is 0 Å². The maximum atomic E-state index is 14.1. The van der Waals surface area contributed by atoms with Crippen molar-refractivity contribution >= 4 is 27.9 Å². The van der Waals surface area contributed by atoms with E-state index in [1.165, 1.54) is 23.6 Å². The first kappa shape index (κ1) is 32.8. The number of amides is 1. The normalized spacial score (nSPS) is 20.5. The fraction of sp³-hybridized carbons (Fsp3) is 0.548. The molecule has 1 unspecified atom stereocenters. The van der Waals surface area contributed by atoms with Crippen LogP contribution in [0.4, 0.5) is 0 Å². The van der Waals surface area contributed by atoms with Crippen molar-refractivity contribution in [2.24, 2.45) is 0 Å². The van der Waals surface area contributed by atoms with Gasteiger partial charge in [0.15, 0.2) is 0 Å². The highest BCUT2D eigenvalue weighted by Crippen LogP contribution is 2.43. The summed E-state index contributed by atoms with van der Waals surface area (Å²) in [5, 5.41) is 2.62. The molecular formula is C31H39N3O10S. The zero-order valence-electron chi connectivity index (χ0n) is 25.9. The molecule has 1 amide bonds. The molecule has 5 rings (SSSR count). The van der Waals surface area contributed by atoms with Gasteiger partial charge in [-0.3, -0.25) is 14.4 Å². The standard InChI is InChI=1S/C31H39N3O10S/c1-5-30(29(38)41-6-2,44-28(37)25-8-7-14-34(25)45(39,40)22-11-9-20(3)10-12-22)24-18-26-31(42-16-17-43-31)13-15-33(26)27(36)23(24)19-32-21(4)35/h9-12,18,25H,5-8,13-17,19H2,1-4H3,(H,32,35)/t25?,30-/m1/s1. The van der Waals surface area contributed by atoms with E-state index in [0.717, 1.165) is 9.87 Å². The third-order valence-corrected chi connectivity index (χ3v) is 10.6. The zero-order chi connectivity index (χ0) is 32.6. The Labute approximate surface area is 261 Å². The summed E-state index contributed by atoms with van der Waals surface area (Å²) in [4.78, 5) is 53.9. The Morgan fingerprint density at radius 3 is 2.42 bits per heavy atom. The molecule has 3 aliphatic rings. The number of carbonyl (C=O) groups is 3. The predicted octanol–water partition coefficient (Wildman–Crippen LogP) is 1.96. The Morgan fingerprint density at radius 2 is 1.80 bits per heavy atom. The third kappa shape index (κ3) is 5.80. The second-order valence-electron chi connectivity index (χ2n) is 11.4. The monoisotopic (exact) mass is 645 g/mol. The smallest absolute Gasteiger partial charge is 0.355 e. The van der Waals surface area contributed by atoms with Gasteiger partial charge in [-0.25, -0.2) is 13.2 Å². The molecule has 4 heterocycles. The number of nitrogens with one attached hydrogen (secondary N) is 1. The number of fused-ring (bicyclic) bond motifs is 2. The molecule has 45 heavy (non-hydrogen) atoms. The van der Waals surface area contributed by atoms with E-state index in [9.17, 15) is 27.6 Å². The zero-order valence-corrected chi connectivity index (χ0v) is 26.7. The Hall–Kier alpha value is -3.59. The second-order valence-corrected chi connectivity index (χ2v) is 13.3.